The van der Waals surface area contributed by atoms with Crippen molar-refractivity contribution < 1.29 is 9.53 Å². The molecule has 0 aliphatic heterocycles. The molecule has 0 atom stereocenters. The minimum absolute atomic E-state index is 0.0568. The summed E-state index contributed by atoms with van der Waals surface area (Å²) in [5.41, 5.74) is 5.19. The zero-order valence-electron chi connectivity index (χ0n) is 6.93. The number of nitrogens with one attached hydrogen (secondary N) is 1. The van der Waals surface area contributed by atoms with Crippen LogP contribution in [0.2, 0.25) is 0 Å². The maximum Gasteiger partial charge on any atom is 0.219 e. The second kappa shape index (κ2) is 7.50. The van der Waals surface area contributed by atoms with Crippen molar-refractivity contribution in [2.24, 2.45) is 5.73 Å². The van der Waals surface area contributed by atoms with Crippen LogP contribution in [0.3, 0.4) is 0 Å². The molecule has 0 aromatic heterocycles. The van der Waals surface area contributed by atoms with Gasteiger partial charge in [0.05, 0.1) is 6.61 Å². The Balaban J connectivity index is 2.95. The first-order valence-electron chi connectivity index (χ1n) is 3.79. The number of carbonyl (C=O) groups is 1. The minimum atomic E-state index is 0.0568. The normalized spacial score (nSPS) is 9.64. The van der Waals surface area contributed by atoms with E-state index in [1.807, 2.05) is 0 Å². The summed E-state index contributed by atoms with van der Waals surface area (Å²) in [6.45, 7) is 1.73. The van der Waals surface area contributed by atoms with Crippen molar-refractivity contribution in [1.29, 1.82) is 0 Å². The largest absolute Gasteiger partial charge is 0.380 e. The Labute approximate surface area is 67.1 Å². The number of hydrogen-bond donors (Lipinski definition) is 2. The zero-order valence-corrected chi connectivity index (χ0v) is 6.93. The van der Waals surface area contributed by atoms with Crippen LogP contribution >= 0.6 is 0 Å². The summed E-state index contributed by atoms with van der Waals surface area (Å²) in [4.78, 5) is 10.7. The van der Waals surface area contributed by atoms with Gasteiger partial charge < -0.3 is 15.8 Å². The number of hydrogen-bond acceptors (Lipinski definition) is 3. The Morgan fingerprint density at radius 3 is 2.82 bits per heavy atom. The molecule has 0 radical (unpaired) electrons. The second-order valence-electron chi connectivity index (χ2n) is 2.18. The lowest BCUT2D eigenvalue weighted by atomic mass is 10.3. The van der Waals surface area contributed by atoms with Crippen LogP contribution in [0.5, 0.6) is 0 Å². The van der Waals surface area contributed by atoms with E-state index in [4.69, 9.17) is 10.5 Å². The fourth-order valence-electron chi connectivity index (χ4n) is 0.645. The van der Waals surface area contributed by atoms with E-state index in [-0.39, 0.29) is 5.91 Å². The number of amides is 1. The molecular weight excluding hydrogens is 144 g/mol. The van der Waals surface area contributed by atoms with E-state index in [2.05, 4.69) is 5.32 Å². The molecule has 4 nitrogen and oxygen atoms in total. The van der Waals surface area contributed by atoms with E-state index in [1.165, 1.54) is 0 Å². The highest BCUT2D eigenvalue weighted by Gasteiger charge is 1.95. The Kier molecular flexibility index (Phi) is 7.08. The monoisotopic (exact) mass is 160 g/mol. The summed E-state index contributed by atoms with van der Waals surface area (Å²) in [5.74, 6) is 0.0568. The third-order valence-corrected chi connectivity index (χ3v) is 1.23. The lowest BCUT2D eigenvalue weighted by molar-refractivity contribution is -0.120. The highest BCUT2D eigenvalue weighted by molar-refractivity contribution is 5.75. The third kappa shape index (κ3) is 7.29. The van der Waals surface area contributed by atoms with Gasteiger partial charge in [-0.1, -0.05) is 0 Å². The molecule has 0 aliphatic rings. The molecule has 0 heterocycles. The lowest BCUT2D eigenvalue weighted by Gasteiger charge is -2.00. The fraction of sp³-hybridized carbons (Fsp3) is 0.857. The predicted molar refractivity (Wildman–Crippen MR) is 43.2 cm³/mol. The Morgan fingerprint density at radius 1 is 1.55 bits per heavy atom. The molecule has 0 aromatic rings. The smallest absolute Gasteiger partial charge is 0.219 e. The first-order valence-corrected chi connectivity index (χ1v) is 3.79. The fourth-order valence-corrected chi connectivity index (χ4v) is 0.645. The van der Waals surface area contributed by atoms with Crippen LogP contribution in [0.1, 0.15) is 12.8 Å². The molecule has 0 aliphatic carbocycles. The van der Waals surface area contributed by atoms with Crippen molar-refractivity contribution in [3.63, 3.8) is 0 Å². The standard InChI is InChI=1S/C7H16N2O2/c1-9-7(10)3-2-5-11-6-4-8/h2-6,8H2,1H3,(H,9,10). The molecule has 0 saturated carbocycles. The van der Waals surface area contributed by atoms with Gasteiger partial charge in [0.15, 0.2) is 0 Å². The molecule has 0 spiro atoms. The van der Waals surface area contributed by atoms with Gasteiger partial charge in [0.1, 0.15) is 0 Å². The number of ether oxygens (including phenoxy) is 1. The summed E-state index contributed by atoms with van der Waals surface area (Å²) in [6, 6.07) is 0. The van der Waals surface area contributed by atoms with E-state index in [9.17, 15) is 4.79 Å². The van der Waals surface area contributed by atoms with Crippen LogP contribution in [0.25, 0.3) is 0 Å². The van der Waals surface area contributed by atoms with Gasteiger partial charge in [-0.2, -0.15) is 0 Å². The second-order valence-corrected chi connectivity index (χ2v) is 2.18. The molecule has 4 heteroatoms. The molecule has 0 unspecified atom stereocenters. The summed E-state index contributed by atoms with van der Waals surface area (Å²) in [6.07, 6.45) is 1.29. The summed E-state index contributed by atoms with van der Waals surface area (Å²) < 4.78 is 5.07. The Hall–Kier alpha value is -0.610. The van der Waals surface area contributed by atoms with E-state index < -0.39 is 0 Å². The third-order valence-electron chi connectivity index (χ3n) is 1.23. The van der Waals surface area contributed by atoms with Gasteiger partial charge in [-0.15, -0.1) is 0 Å². The highest BCUT2D eigenvalue weighted by Crippen LogP contribution is 1.88. The molecule has 0 rings (SSSR count). The van der Waals surface area contributed by atoms with Crippen molar-refractivity contribution >= 4 is 5.91 Å². The predicted octanol–water partition coefficient (Wildman–Crippen LogP) is -0.512. The van der Waals surface area contributed by atoms with Gasteiger partial charge in [-0.05, 0) is 6.42 Å². The van der Waals surface area contributed by atoms with E-state index in [0.29, 0.717) is 26.2 Å². The number of nitrogens with two attached hydrogens (primary N) is 1. The quantitative estimate of drug-likeness (QED) is 0.514. The molecule has 11 heavy (non-hydrogen) atoms. The molecular formula is C7H16N2O2. The van der Waals surface area contributed by atoms with Crippen LogP contribution in [0.15, 0.2) is 0 Å². The van der Waals surface area contributed by atoms with Gasteiger partial charge in [-0.25, -0.2) is 0 Å². The van der Waals surface area contributed by atoms with Crippen molar-refractivity contribution in [2.75, 3.05) is 26.8 Å². The van der Waals surface area contributed by atoms with Gasteiger partial charge >= 0.3 is 0 Å². The van der Waals surface area contributed by atoms with E-state index in [1.54, 1.807) is 7.05 Å². The molecule has 0 aromatic carbocycles. The van der Waals surface area contributed by atoms with E-state index in [0.717, 1.165) is 6.42 Å². The molecule has 66 valence electrons. The van der Waals surface area contributed by atoms with Crippen molar-refractivity contribution in [1.82, 2.24) is 5.32 Å². The van der Waals surface area contributed by atoms with Gasteiger partial charge in [0.2, 0.25) is 5.91 Å². The molecule has 0 bridgehead atoms. The van der Waals surface area contributed by atoms with Gasteiger partial charge in [0.25, 0.3) is 0 Å². The first kappa shape index (κ1) is 10.4. The SMILES string of the molecule is CNC(=O)CCCOCCN. The topological polar surface area (TPSA) is 64.3 Å². The highest BCUT2D eigenvalue weighted by atomic mass is 16.5. The van der Waals surface area contributed by atoms with Crippen molar-refractivity contribution in [2.45, 2.75) is 12.8 Å². The minimum Gasteiger partial charge on any atom is -0.380 e. The summed E-state index contributed by atoms with van der Waals surface area (Å²) >= 11 is 0. The average Bonchev–Trinajstić information content (AvgIpc) is 2.04. The number of carbonyl (C=O) groups excluding carboxylic acids is 1. The van der Waals surface area contributed by atoms with Gasteiger partial charge in [0, 0.05) is 26.6 Å². The van der Waals surface area contributed by atoms with Crippen molar-refractivity contribution in [3.8, 4) is 0 Å². The lowest BCUT2D eigenvalue weighted by Crippen LogP contribution is -2.18. The molecule has 1 amide bonds. The molecule has 3 N–H and O–H groups in total. The van der Waals surface area contributed by atoms with E-state index >= 15 is 0 Å². The van der Waals surface area contributed by atoms with Crippen molar-refractivity contribution in [3.05, 3.63) is 0 Å². The van der Waals surface area contributed by atoms with Gasteiger partial charge in [-0.3, -0.25) is 4.79 Å². The molecule has 0 fully saturated rings. The average molecular weight is 160 g/mol. The maximum atomic E-state index is 10.7. The van der Waals surface area contributed by atoms with Crippen LogP contribution in [0.4, 0.5) is 0 Å². The van der Waals surface area contributed by atoms with Crippen LogP contribution < -0.4 is 11.1 Å². The van der Waals surface area contributed by atoms with Crippen LogP contribution in [0, 0.1) is 0 Å². The first-order chi connectivity index (χ1) is 5.31. The van der Waals surface area contributed by atoms with Crippen LogP contribution in [-0.4, -0.2) is 32.7 Å². The molecule has 0 saturated heterocycles. The zero-order chi connectivity index (χ0) is 8.53. The Bertz CT molecular complexity index is 107. The maximum absolute atomic E-state index is 10.7. The number of rotatable bonds is 6. The Morgan fingerprint density at radius 2 is 2.27 bits per heavy atom. The summed E-state index contributed by atoms with van der Waals surface area (Å²) in [5, 5.41) is 2.54. The van der Waals surface area contributed by atoms with Crippen LogP contribution in [-0.2, 0) is 9.53 Å². The summed E-state index contributed by atoms with van der Waals surface area (Å²) in [7, 11) is 1.63.